The number of aliphatic hydroxyl groups is 2. The van der Waals surface area contributed by atoms with Crippen LogP contribution in [-0.4, -0.2) is 16.1 Å². The lowest BCUT2D eigenvalue weighted by Crippen LogP contribution is -2.29. The van der Waals surface area contributed by atoms with Crippen molar-refractivity contribution in [2.45, 2.75) is 19.3 Å². The topological polar surface area (TPSA) is 69.6 Å². The van der Waals surface area contributed by atoms with E-state index in [4.69, 9.17) is 16.7 Å². The fourth-order valence-corrected chi connectivity index (χ4v) is 2.20. The zero-order valence-corrected chi connectivity index (χ0v) is 12.0. The second-order valence-corrected chi connectivity index (χ2v) is 5.03. The molecule has 0 fully saturated rings. The van der Waals surface area contributed by atoms with Gasteiger partial charge in [-0.3, -0.25) is 4.79 Å². The molecular formula is C16H16ClNO3. The van der Waals surface area contributed by atoms with Crippen LogP contribution in [-0.2, 0) is 17.9 Å². The Kier molecular flexibility index (Phi) is 5.33. The Labute approximate surface area is 128 Å². The molecule has 0 saturated heterocycles. The molecule has 0 radical (unpaired) electrons. The highest BCUT2D eigenvalue weighted by Gasteiger charge is 2.19. The normalized spacial score (nSPS) is 12.0. The minimum atomic E-state index is -1.31. The van der Waals surface area contributed by atoms with E-state index in [1.165, 1.54) is 0 Å². The van der Waals surface area contributed by atoms with E-state index in [1.54, 1.807) is 42.5 Å². The van der Waals surface area contributed by atoms with Gasteiger partial charge in [-0.1, -0.05) is 54.1 Å². The minimum Gasteiger partial charge on any atom is -0.392 e. The standard InChI is InChI=1S/C16H16ClNO3/c17-14-7-2-1-6-13(14)15(20)16(21)18-9-11-4-3-5-12(8-11)10-19/h1-8,15,19-20H,9-10H2,(H,18,21). The van der Waals surface area contributed by atoms with Gasteiger partial charge in [0.15, 0.2) is 6.10 Å². The number of hydrogen-bond donors (Lipinski definition) is 3. The predicted octanol–water partition coefficient (Wildman–Crippen LogP) is 2.18. The van der Waals surface area contributed by atoms with Gasteiger partial charge >= 0.3 is 0 Å². The molecule has 1 atom stereocenters. The number of nitrogens with one attached hydrogen (secondary N) is 1. The Morgan fingerprint density at radius 3 is 2.57 bits per heavy atom. The summed E-state index contributed by atoms with van der Waals surface area (Å²) < 4.78 is 0. The Bertz CT molecular complexity index is 630. The number of amides is 1. The Balaban J connectivity index is 2.00. The molecule has 0 aromatic heterocycles. The number of carbonyl (C=O) groups is 1. The van der Waals surface area contributed by atoms with Crippen LogP contribution in [0.4, 0.5) is 0 Å². The first-order chi connectivity index (χ1) is 10.1. The van der Waals surface area contributed by atoms with Crippen molar-refractivity contribution in [1.29, 1.82) is 0 Å². The van der Waals surface area contributed by atoms with E-state index in [0.29, 0.717) is 10.6 Å². The molecule has 0 heterocycles. The molecule has 0 spiro atoms. The highest BCUT2D eigenvalue weighted by Crippen LogP contribution is 2.22. The van der Waals surface area contributed by atoms with Crippen LogP contribution in [0.3, 0.4) is 0 Å². The summed E-state index contributed by atoms with van der Waals surface area (Å²) in [4.78, 5) is 12.0. The summed E-state index contributed by atoms with van der Waals surface area (Å²) in [6, 6.07) is 13.9. The fraction of sp³-hybridized carbons (Fsp3) is 0.188. The van der Waals surface area contributed by atoms with Crippen LogP contribution in [0.25, 0.3) is 0 Å². The van der Waals surface area contributed by atoms with Crippen LogP contribution in [0.5, 0.6) is 0 Å². The number of halogens is 1. The predicted molar refractivity (Wildman–Crippen MR) is 80.6 cm³/mol. The molecule has 0 saturated carbocycles. The van der Waals surface area contributed by atoms with E-state index in [-0.39, 0.29) is 13.2 Å². The largest absolute Gasteiger partial charge is 0.392 e. The van der Waals surface area contributed by atoms with Crippen molar-refractivity contribution < 1.29 is 15.0 Å². The lowest BCUT2D eigenvalue weighted by Gasteiger charge is -2.13. The van der Waals surface area contributed by atoms with E-state index in [9.17, 15) is 9.90 Å². The Morgan fingerprint density at radius 2 is 1.86 bits per heavy atom. The van der Waals surface area contributed by atoms with Gasteiger partial charge in [0.05, 0.1) is 6.61 Å². The number of benzene rings is 2. The summed E-state index contributed by atoms with van der Waals surface area (Å²) in [5, 5.41) is 22.1. The summed E-state index contributed by atoms with van der Waals surface area (Å²) in [5.41, 5.74) is 2.00. The zero-order chi connectivity index (χ0) is 15.2. The third-order valence-electron chi connectivity index (χ3n) is 3.09. The molecule has 0 bridgehead atoms. The van der Waals surface area contributed by atoms with Crippen LogP contribution in [0.2, 0.25) is 5.02 Å². The summed E-state index contributed by atoms with van der Waals surface area (Å²) in [5.74, 6) is -0.516. The molecule has 0 aliphatic rings. The molecule has 2 aromatic rings. The molecule has 1 unspecified atom stereocenters. The van der Waals surface area contributed by atoms with Crippen LogP contribution in [0, 0.1) is 0 Å². The van der Waals surface area contributed by atoms with Crippen LogP contribution in [0.1, 0.15) is 22.8 Å². The van der Waals surface area contributed by atoms with E-state index < -0.39 is 12.0 Å². The Hall–Kier alpha value is -1.88. The number of rotatable bonds is 5. The van der Waals surface area contributed by atoms with Crippen molar-refractivity contribution in [2.24, 2.45) is 0 Å². The molecule has 4 nitrogen and oxygen atoms in total. The first-order valence-electron chi connectivity index (χ1n) is 6.50. The van der Waals surface area contributed by atoms with Gasteiger partial charge in [0.25, 0.3) is 5.91 Å². The molecule has 3 N–H and O–H groups in total. The van der Waals surface area contributed by atoms with Crippen LogP contribution in [0.15, 0.2) is 48.5 Å². The lowest BCUT2D eigenvalue weighted by atomic mass is 10.1. The molecule has 2 aromatic carbocycles. The molecule has 1 amide bonds. The summed E-state index contributed by atoms with van der Waals surface area (Å²) in [6.07, 6.45) is -1.31. The number of hydrogen-bond acceptors (Lipinski definition) is 3. The third-order valence-corrected chi connectivity index (χ3v) is 3.43. The SMILES string of the molecule is O=C(NCc1cccc(CO)c1)C(O)c1ccccc1Cl. The second-order valence-electron chi connectivity index (χ2n) is 4.62. The fourth-order valence-electron chi connectivity index (χ4n) is 1.96. The quantitative estimate of drug-likeness (QED) is 0.793. The van der Waals surface area contributed by atoms with Gasteiger partial charge in [0.1, 0.15) is 0 Å². The smallest absolute Gasteiger partial charge is 0.253 e. The highest BCUT2D eigenvalue weighted by atomic mass is 35.5. The van der Waals surface area contributed by atoms with Gasteiger partial charge in [-0.25, -0.2) is 0 Å². The van der Waals surface area contributed by atoms with Crippen molar-refractivity contribution in [3.05, 3.63) is 70.2 Å². The number of aliphatic hydroxyl groups excluding tert-OH is 2. The average Bonchev–Trinajstić information content (AvgIpc) is 2.52. The highest BCUT2D eigenvalue weighted by molar-refractivity contribution is 6.31. The second kappa shape index (κ2) is 7.22. The summed E-state index contributed by atoms with van der Waals surface area (Å²) in [6.45, 7) is 0.220. The van der Waals surface area contributed by atoms with Crippen molar-refractivity contribution in [3.63, 3.8) is 0 Å². The molecule has 5 heteroatoms. The molecule has 2 rings (SSSR count). The van der Waals surface area contributed by atoms with Crippen molar-refractivity contribution >= 4 is 17.5 Å². The van der Waals surface area contributed by atoms with E-state index in [2.05, 4.69) is 5.32 Å². The van der Waals surface area contributed by atoms with Crippen molar-refractivity contribution in [1.82, 2.24) is 5.32 Å². The molecule has 0 aliphatic carbocycles. The van der Waals surface area contributed by atoms with E-state index in [0.717, 1.165) is 11.1 Å². The number of carbonyl (C=O) groups excluding carboxylic acids is 1. The maximum absolute atomic E-state index is 12.0. The minimum absolute atomic E-state index is 0.0516. The summed E-state index contributed by atoms with van der Waals surface area (Å²) in [7, 11) is 0. The Morgan fingerprint density at radius 1 is 1.14 bits per heavy atom. The van der Waals surface area contributed by atoms with Gasteiger partial charge in [0, 0.05) is 17.1 Å². The lowest BCUT2D eigenvalue weighted by molar-refractivity contribution is -0.129. The third kappa shape index (κ3) is 4.04. The molecule has 110 valence electrons. The van der Waals surface area contributed by atoms with E-state index >= 15 is 0 Å². The molecule has 0 aliphatic heterocycles. The zero-order valence-electron chi connectivity index (χ0n) is 11.3. The maximum atomic E-state index is 12.0. The van der Waals surface area contributed by atoms with E-state index in [1.807, 2.05) is 6.07 Å². The van der Waals surface area contributed by atoms with Gasteiger partial charge in [-0.15, -0.1) is 0 Å². The molecular weight excluding hydrogens is 290 g/mol. The first kappa shape index (κ1) is 15.5. The first-order valence-corrected chi connectivity index (χ1v) is 6.88. The average molecular weight is 306 g/mol. The van der Waals surface area contributed by atoms with Gasteiger partial charge in [-0.05, 0) is 17.2 Å². The van der Waals surface area contributed by atoms with Crippen LogP contribution >= 0.6 is 11.6 Å². The van der Waals surface area contributed by atoms with Gasteiger partial charge < -0.3 is 15.5 Å². The monoisotopic (exact) mass is 305 g/mol. The van der Waals surface area contributed by atoms with Gasteiger partial charge in [-0.2, -0.15) is 0 Å². The molecule has 21 heavy (non-hydrogen) atoms. The summed E-state index contributed by atoms with van der Waals surface area (Å²) >= 11 is 5.95. The van der Waals surface area contributed by atoms with Crippen molar-refractivity contribution in [2.75, 3.05) is 0 Å². The van der Waals surface area contributed by atoms with Gasteiger partial charge in [0.2, 0.25) is 0 Å². The van der Waals surface area contributed by atoms with Crippen LogP contribution < -0.4 is 5.32 Å². The maximum Gasteiger partial charge on any atom is 0.253 e. The van der Waals surface area contributed by atoms with Crippen molar-refractivity contribution in [3.8, 4) is 0 Å².